The van der Waals surface area contributed by atoms with Gasteiger partial charge in [0.1, 0.15) is 0 Å². The first-order valence-electron chi connectivity index (χ1n) is 8.04. The predicted molar refractivity (Wildman–Crippen MR) is 101 cm³/mol. The van der Waals surface area contributed by atoms with Gasteiger partial charge in [0, 0.05) is 17.3 Å². The highest BCUT2D eigenvalue weighted by Gasteiger charge is 2.12. The maximum absolute atomic E-state index is 12.2. The summed E-state index contributed by atoms with van der Waals surface area (Å²) in [6.45, 7) is 3.72. The summed E-state index contributed by atoms with van der Waals surface area (Å²) >= 11 is 5.85. The van der Waals surface area contributed by atoms with E-state index in [1.165, 1.54) is 0 Å². The van der Waals surface area contributed by atoms with E-state index in [9.17, 15) is 4.79 Å². The van der Waals surface area contributed by atoms with Gasteiger partial charge >= 0.3 is 0 Å². The van der Waals surface area contributed by atoms with Crippen LogP contribution in [0.3, 0.4) is 0 Å². The fraction of sp³-hybridized carbons (Fsp3) is 0.316. The predicted octanol–water partition coefficient (Wildman–Crippen LogP) is 3.82. The molecule has 0 aromatic heterocycles. The molecular formula is C19H23ClN2O3. The van der Waals surface area contributed by atoms with Crippen molar-refractivity contribution >= 4 is 23.2 Å². The van der Waals surface area contributed by atoms with Crippen LogP contribution in [0.5, 0.6) is 11.5 Å². The second-order valence-corrected chi connectivity index (χ2v) is 5.98. The summed E-state index contributed by atoms with van der Waals surface area (Å²) in [6, 6.07) is 12.8. The Hall–Kier alpha value is -2.24. The Morgan fingerprint density at radius 1 is 1.08 bits per heavy atom. The minimum absolute atomic E-state index is 0.0651. The minimum Gasteiger partial charge on any atom is -0.493 e. The maximum atomic E-state index is 12.2. The number of halogens is 1. The molecule has 2 rings (SSSR count). The van der Waals surface area contributed by atoms with Crippen molar-refractivity contribution in [2.24, 2.45) is 0 Å². The van der Waals surface area contributed by atoms with Crippen molar-refractivity contribution in [3.8, 4) is 11.5 Å². The molecule has 0 saturated carbocycles. The molecule has 6 heteroatoms. The lowest BCUT2D eigenvalue weighted by Crippen LogP contribution is -2.32. The molecule has 0 unspecified atom stereocenters. The van der Waals surface area contributed by atoms with E-state index < -0.39 is 0 Å². The summed E-state index contributed by atoms with van der Waals surface area (Å²) in [5, 5.41) is 3.52. The Balaban J connectivity index is 1.97. The first-order valence-corrected chi connectivity index (χ1v) is 8.42. The lowest BCUT2D eigenvalue weighted by molar-refractivity contribution is -0.117. The Bertz CT molecular complexity index is 704. The molecule has 134 valence electrons. The minimum atomic E-state index is -0.0651. The first kappa shape index (κ1) is 19.1. The van der Waals surface area contributed by atoms with Crippen LogP contribution in [0.25, 0.3) is 0 Å². The molecule has 1 N–H and O–H groups in total. The van der Waals surface area contributed by atoms with E-state index in [1.807, 2.05) is 30.0 Å². The SMILES string of the molecule is CCN(CC(=O)Nc1ccc(Cl)cc1)Cc1ccc(OC)c(OC)c1. The average molecular weight is 363 g/mol. The lowest BCUT2D eigenvalue weighted by atomic mass is 10.2. The summed E-state index contributed by atoms with van der Waals surface area (Å²) in [6.07, 6.45) is 0. The number of hydrogen-bond donors (Lipinski definition) is 1. The zero-order valence-electron chi connectivity index (χ0n) is 14.7. The molecule has 2 aromatic rings. The number of hydrogen-bond acceptors (Lipinski definition) is 4. The van der Waals surface area contributed by atoms with Crippen LogP contribution in [-0.2, 0) is 11.3 Å². The fourth-order valence-electron chi connectivity index (χ4n) is 2.45. The number of likely N-dealkylation sites (N-methyl/N-ethyl adjacent to an activating group) is 1. The van der Waals surface area contributed by atoms with Crippen molar-refractivity contribution in [2.75, 3.05) is 32.6 Å². The molecule has 5 nitrogen and oxygen atoms in total. The van der Waals surface area contributed by atoms with Crippen LogP contribution < -0.4 is 14.8 Å². The van der Waals surface area contributed by atoms with Crippen LogP contribution in [0, 0.1) is 0 Å². The van der Waals surface area contributed by atoms with Gasteiger partial charge in [0.15, 0.2) is 11.5 Å². The van der Waals surface area contributed by atoms with Crippen LogP contribution in [0.4, 0.5) is 5.69 Å². The van der Waals surface area contributed by atoms with Crippen LogP contribution in [-0.4, -0.2) is 38.1 Å². The quantitative estimate of drug-likeness (QED) is 0.775. The molecular weight excluding hydrogens is 340 g/mol. The van der Waals surface area contributed by atoms with Crippen LogP contribution >= 0.6 is 11.6 Å². The van der Waals surface area contributed by atoms with Crippen molar-refractivity contribution in [1.29, 1.82) is 0 Å². The van der Waals surface area contributed by atoms with Gasteiger partial charge in [0.2, 0.25) is 5.91 Å². The standard InChI is InChI=1S/C19H23ClN2O3/c1-4-22(12-14-5-10-17(24-2)18(11-14)25-3)13-19(23)21-16-8-6-15(20)7-9-16/h5-11H,4,12-13H2,1-3H3,(H,21,23). The summed E-state index contributed by atoms with van der Waals surface area (Å²) in [4.78, 5) is 14.3. The second-order valence-electron chi connectivity index (χ2n) is 5.55. The van der Waals surface area contributed by atoms with Crippen molar-refractivity contribution < 1.29 is 14.3 Å². The van der Waals surface area contributed by atoms with Crippen LogP contribution in [0.15, 0.2) is 42.5 Å². The topological polar surface area (TPSA) is 50.8 Å². The Morgan fingerprint density at radius 2 is 1.76 bits per heavy atom. The van der Waals surface area contributed by atoms with E-state index in [-0.39, 0.29) is 5.91 Å². The van der Waals surface area contributed by atoms with E-state index in [2.05, 4.69) is 5.32 Å². The number of amides is 1. The largest absolute Gasteiger partial charge is 0.493 e. The number of anilines is 1. The highest BCUT2D eigenvalue weighted by molar-refractivity contribution is 6.30. The first-order chi connectivity index (χ1) is 12.0. The number of nitrogens with one attached hydrogen (secondary N) is 1. The van der Waals surface area contributed by atoms with Crippen molar-refractivity contribution in [3.63, 3.8) is 0 Å². The highest BCUT2D eigenvalue weighted by Crippen LogP contribution is 2.28. The summed E-state index contributed by atoms with van der Waals surface area (Å²) in [5.41, 5.74) is 1.79. The van der Waals surface area contributed by atoms with Gasteiger partial charge in [-0.3, -0.25) is 9.69 Å². The number of carbonyl (C=O) groups excluding carboxylic acids is 1. The zero-order valence-corrected chi connectivity index (χ0v) is 15.5. The Labute approximate surface area is 153 Å². The molecule has 0 aliphatic heterocycles. The molecule has 0 atom stereocenters. The van der Waals surface area contributed by atoms with E-state index >= 15 is 0 Å². The van der Waals surface area contributed by atoms with Gasteiger partial charge in [0.25, 0.3) is 0 Å². The van der Waals surface area contributed by atoms with E-state index in [0.29, 0.717) is 29.6 Å². The number of nitrogens with zero attached hydrogens (tertiary/aromatic N) is 1. The molecule has 0 aliphatic carbocycles. The van der Waals surface area contributed by atoms with E-state index in [1.54, 1.807) is 38.5 Å². The van der Waals surface area contributed by atoms with Gasteiger partial charge in [0.05, 0.1) is 20.8 Å². The third-order valence-corrected chi connectivity index (χ3v) is 4.05. The van der Waals surface area contributed by atoms with Gasteiger partial charge in [-0.2, -0.15) is 0 Å². The Morgan fingerprint density at radius 3 is 2.36 bits per heavy atom. The number of carbonyl (C=O) groups is 1. The van der Waals surface area contributed by atoms with E-state index in [4.69, 9.17) is 21.1 Å². The number of ether oxygens (including phenoxy) is 2. The fourth-order valence-corrected chi connectivity index (χ4v) is 2.58. The number of benzene rings is 2. The molecule has 0 radical (unpaired) electrons. The molecule has 0 bridgehead atoms. The normalized spacial score (nSPS) is 10.6. The third kappa shape index (κ3) is 5.66. The maximum Gasteiger partial charge on any atom is 0.238 e. The van der Waals surface area contributed by atoms with Gasteiger partial charge in [-0.15, -0.1) is 0 Å². The van der Waals surface area contributed by atoms with Gasteiger partial charge in [-0.05, 0) is 48.5 Å². The molecule has 0 heterocycles. The zero-order chi connectivity index (χ0) is 18.2. The summed E-state index contributed by atoms with van der Waals surface area (Å²) < 4.78 is 10.6. The highest BCUT2D eigenvalue weighted by atomic mass is 35.5. The molecule has 0 aliphatic rings. The van der Waals surface area contributed by atoms with Crippen LogP contribution in [0.1, 0.15) is 12.5 Å². The third-order valence-electron chi connectivity index (χ3n) is 3.80. The van der Waals surface area contributed by atoms with E-state index in [0.717, 1.165) is 17.8 Å². The molecule has 0 saturated heterocycles. The second kappa shape index (κ2) is 9.30. The Kier molecular flexibility index (Phi) is 7.10. The van der Waals surface area contributed by atoms with Gasteiger partial charge in [-0.1, -0.05) is 24.6 Å². The molecule has 1 amide bonds. The molecule has 25 heavy (non-hydrogen) atoms. The van der Waals surface area contributed by atoms with Gasteiger partial charge in [-0.25, -0.2) is 0 Å². The van der Waals surface area contributed by atoms with Crippen molar-refractivity contribution in [2.45, 2.75) is 13.5 Å². The monoisotopic (exact) mass is 362 g/mol. The molecule has 0 fully saturated rings. The summed E-state index contributed by atoms with van der Waals surface area (Å²) in [7, 11) is 3.22. The molecule has 2 aromatic carbocycles. The smallest absolute Gasteiger partial charge is 0.238 e. The molecule has 0 spiro atoms. The van der Waals surface area contributed by atoms with Crippen molar-refractivity contribution in [1.82, 2.24) is 4.90 Å². The van der Waals surface area contributed by atoms with Crippen molar-refractivity contribution in [3.05, 3.63) is 53.1 Å². The average Bonchev–Trinajstić information content (AvgIpc) is 2.62. The van der Waals surface area contributed by atoms with Gasteiger partial charge < -0.3 is 14.8 Å². The summed E-state index contributed by atoms with van der Waals surface area (Å²) in [5.74, 6) is 1.31. The number of rotatable bonds is 8. The van der Waals surface area contributed by atoms with Crippen LogP contribution in [0.2, 0.25) is 5.02 Å². The number of methoxy groups -OCH3 is 2. The lowest BCUT2D eigenvalue weighted by Gasteiger charge is -2.20.